The van der Waals surface area contributed by atoms with Gasteiger partial charge >= 0.3 is 11.9 Å². The molecule has 0 amide bonds. The summed E-state index contributed by atoms with van der Waals surface area (Å²) in [6.07, 6.45) is 130. The molecule has 0 aliphatic carbocycles. The molecule has 0 rings (SSSR count). The van der Waals surface area contributed by atoms with Gasteiger partial charge in [-0.2, -0.15) is 0 Å². The van der Waals surface area contributed by atoms with Crippen LogP contribution in [0.5, 0.6) is 0 Å². The van der Waals surface area contributed by atoms with E-state index in [4.69, 9.17) is 9.47 Å². The fourth-order valence-corrected chi connectivity index (χ4v) is 10.4. The number of aliphatic hydroxyl groups is 1. The van der Waals surface area contributed by atoms with Crippen LogP contribution >= 0.6 is 0 Å². The second-order valence-electron chi connectivity index (χ2n) is 25.0. The Labute approximate surface area is 580 Å². The molecular formula is C89H142O5. The predicted molar refractivity (Wildman–Crippen MR) is 416 cm³/mol. The lowest BCUT2D eigenvalue weighted by Gasteiger charge is -2.15. The number of hydrogen-bond donors (Lipinski definition) is 1. The van der Waals surface area contributed by atoms with Crippen molar-refractivity contribution in [3.8, 4) is 0 Å². The number of unbranched alkanes of at least 4 members (excludes halogenated alkanes) is 27. The maximum Gasteiger partial charge on any atom is 0.306 e. The zero-order valence-corrected chi connectivity index (χ0v) is 60.6. The molecule has 5 nitrogen and oxygen atoms in total. The van der Waals surface area contributed by atoms with E-state index in [0.717, 1.165) is 141 Å². The monoisotopic (exact) mass is 1290 g/mol. The fraction of sp³-hybridized carbons (Fsp3) is 0.596. The molecule has 0 fully saturated rings. The lowest BCUT2D eigenvalue weighted by molar-refractivity contribution is -0.161. The van der Waals surface area contributed by atoms with E-state index in [0.29, 0.717) is 12.8 Å². The number of allylic oxidation sites excluding steroid dienone is 34. The standard InChI is InChI=1S/C89H142O5/c1-3-5-7-9-11-13-15-17-19-21-23-25-27-29-31-33-35-37-39-41-43-44-46-47-49-51-53-55-57-59-61-63-65-67-69-71-73-75-77-79-81-83-88(91)93-86-87(85-90)94-89(92)84-82-80-78-76-74-72-70-68-66-64-62-60-58-56-54-52-50-48-45-42-40-38-36-34-32-30-28-26-24-22-20-18-16-14-12-10-8-6-4-2/h5-8,11-14,17-20,23-26,29-32,36,38,42,45,50,52,56,58,62,64,68,70,74,76,87,90H,3-4,9-10,15-16,21-22,27-28,33-35,37,39-41,43-44,46-49,51,53-55,57,59-61,63,65-67,69,71-73,75,77-86H2,1-2H3/b7-5-,8-6-,13-11-,14-12-,19-17-,20-18-,25-23-,26-24-,31-29-,32-30-,38-36-,45-42-,52-50-,58-56-,64-62-,70-68-,76-74-. The lowest BCUT2D eigenvalue weighted by Crippen LogP contribution is -2.28. The molecule has 1 atom stereocenters. The van der Waals surface area contributed by atoms with Crippen molar-refractivity contribution in [1.29, 1.82) is 0 Å². The molecule has 528 valence electrons. The van der Waals surface area contributed by atoms with E-state index in [9.17, 15) is 14.7 Å². The van der Waals surface area contributed by atoms with Crippen molar-refractivity contribution >= 4 is 11.9 Å². The third-order valence-corrected chi connectivity index (χ3v) is 16.1. The first-order valence-electron chi connectivity index (χ1n) is 38.6. The molecule has 1 N–H and O–H groups in total. The Morgan fingerprint density at radius 2 is 0.426 bits per heavy atom. The van der Waals surface area contributed by atoms with E-state index in [1.807, 2.05) is 0 Å². The van der Waals surface area contributed by atoms with Crippen LogP contribution in [0.2, 0.25) is 0 Å². The first-order chi connectivity index (χ1) is 46.6. The minimum atomic E-state index is -0.810. The van der Waals surface area contributed by atoms with Crippen molar-refractivity contribution in [2.24, 2.45) is 0 Å². The zero-order chi connectivity index (χ0) is 67.5. The van der Waals surface area contributed by atoms with Crippen LogP contribution in [0, 0.1) is 0 Å². The van der Waals surface area contributed by atoms with Crippen molar-refractivity contribution in [3.05, 3.63) is 207 Å². The van der Waals surface area contributed by atoms with Gasteiger partial charge in [-0.15, -0.1) is 0 Å². The summed E-state index contributed by atoms with van der Waals surface area (Å²) in [5, 5.41) is 9.71. The SMILES string of the molecule is CC/C=C\C/C=C\C/C=C\C/C=C\C/C=C\C/C=C\C/C=C\C/C=C\C/C=C\C/C=C\C/C=C\C/C=C\CCCCC(=O)OC(CO)COC(=O)CCCCCCCCCCCCCCCCCCCCCCCCCCC/C=C\C/C=C\C/C=C\C/C=C\C/C=C\CC. The van der Waals surface area contributed by atoms with Gasteiger partial charge in [-0.1, -0.05) is 368 Å². The maximum atomic E-state index is 12.4. The molecule has 0 saturated carbocycles. The van der Waals surface area contributed by atoms with E-state index in [1.165, 1.54) is 148 Å². The van der Waals surface area contributed by atoms with Crippen LogP contribution in [-0.2, 0) is 19.1 Å². The summed E-state index contributed by atoms with van der Waals surface area (Å²) < 4.78 is 10.7. The Morgan fingerprint density at radius 1 is 0.245 bits per heavy atom. The van der Waals surface area contributed by atoms with Crippen LogP contribution in [0.15, 0.2) is 207 Å². The second kappa shape index (κ2) is 81.7. The first-order valence-corrected chi connectivity index (χ1v) is 38.6. The molecule has 94 heavy (non-hydrogen) atoms. The van der Waals surface area contributed by atoms with Crippen LogP contribution in [0.1, 0.15) is 322 Å². The van der Waals surface area contributed by atoms with Gasteiger partial charge in [0.15, 0.2) is 6.10 Å². The number of ether oxygens (including phenoxy) is 2. The molecule has 0 aliphatic rings. The van der Waals surface area contributed by atoms with Gasteiger partial charge in [0.25, 0.3) is 0 Å². The Balaban J connectivity index is 3.57. The van der Waals surface area contributed by atoms with Gasteiger partial charge in [0.2, 0.25) is 0 Å². The maximum absolute atomic E-state index is 12.4. The fourth-order valence-electron chi connectivity index (χ4n) is 10.4. The summed E-state index contributed by atoms with van der Waals surface area (Å²) in [5.74, 6) is -0.644. The highest BCUT2D eigenvalue weighted by atomic mass is 16.6. The predicted octanol–water partition coefficient (Wildman–Crippen LogP) is 27.7. The third-order valence-electron chi connectivity index (χ3n) is 16.1. The minimum absolute atomic E-state index is 0.0925. The third kappa shape index (κ3) is 78.9. The highest BCUT2D eigenvalue weighted by molar-refractivity contribution is 5.70. The number of rotatable bonds is 69. The molecule has 0 aromatic rings. The molecule has 0 aromatic carbocycles. The van der Waals surface area contributed by atoms with Gasteiger partial charge < -0.3 is 14.6 Å². The van der Waals surface area contributed by atoms with Crippen molar-refractivity contribution in [2.75, 3.05) is 13.2 Å². The topological polar surface area (TPSA) is 72.8 Å². The summed E-state index contributed by atoms with van der Waals surface area (Å²) in [5.41, 5.74) is 0. The quantitative estimate of drug-likeness (QED) is 0.0373. The molecule has 1 unspecified atom stereocenters. The summed E-state index contributed by atoms with van der Waals surface area (Å²) >= 11 is 0. The van der Waals surface area contributed by atoms with Gasteiger partial charge in [0, 0.05) is 12.8 Å². The zero-order valence-electron chi connectivity index (χ0n) is 60.6. The first kappa shape index (κ1) is 88.5. The van der Waals surface area contributed by atoms with Crippen LogP contribution in [0.3, 0.4) is 0 Å². The summed E-state index contributed by atoms with van der Waals surface area (Å²) in [4.78, 5) is 24.7. The Morgan fingerprint density at radius 3 is 0.660 bits per heavy atom. The number of aliphatic hydroxyl groups excluding tert-OH is 1. The minimum Gasteiger partial charge on any atom is -0.462 e. The average molecular weight is 1290 g/mol. The molecule has 0 aromatic heterocycles. The highest BCUT2D eigenvalue weighted by Gasteiger charge is 2.16. The van der Waals surface area contributed by atoms with Crippen molar-refractivity contribution in [2.45, 2.75) is 328 Å². The highest BCUT2D eigenvalue weighted by Crippen LogP contribution is 2.17. The molecule has 0 aliphatic heterocycles. The second-order valence-corrected chi connectivity index (χ2v) is 25.0. The summed E-state index contributed by atoms with van der Waals surface area (Å²) in [6.45, 7) is 3.89. The van der Waals surface area contributed by atoms with Crippen LogP contribution in [0.4, 0.5) is 0 Å². The van der Waals surface area contributed by atoms with Crippen LogP contribution in [-0.4, -0.2) is 36.4 Å². The Hall–Kier alpha value is -5.52. The average Bonchev–Trinajstić information content (AvgIpc) is 3.65. The van der Waals surface area contributed by atoms with Gasteiger partial charge in [-0.25, -0.2) is 0 Å². The lowest BCUT2D eigenvalue weighted by atomic mass is 10.0. The van der Waals surface area contributed by atoms with Gasteiger partial charge in [-0.3, -0.25) is 9.59 Å². The molecule has 0 radical (unpaired) electrons. The van der Waals surface area contributed by atoms with Crippen LogP contribution < -0.4 is 0 Å². The van der Waals surface area contributed by atoms with Crippen molar-refractivity contribution in [1.82, 2.24) is 0 Å². The number of carbonyl (C=O) groups is 2. The molecule has 0 bridgehead atoms. The number of carbonyl (C=O) groups excluding carboxylic acids is 2. The van der Waals surface area contributed by atoms with Crippen LogP contribution in [0.25, 0.3) is 0 Å². The van der Waals surface area contributed by atoms with E-state index < -0.39 is 6.10 Å². The normalized spacial score (nSPS) is 13.4. The van der Waals surface area contributed by atoms with Crippen molar-refractivity contribution in [3.63, 3.8) is 0 Å². The molecular weight excluding hydrogens is 1150 g/mol. The Kier molecular flexibility index (Phi) is 76.9. The van der Waals surface area contributed by atoms with Gasteiger partial charge in [0.1, 0.15) is 6.61 Å². The molecule has 5 heteroatoms. The Bertz CT molecular complexity index is 2160. The molecule has 0 saturated heterocycles. The summed E-state index contributed by atoms with van der Waals surface area (Å²) in [6, 6.07) is 0. The van der Waals surface area contributed by atoms with Gasteiger partial charge in [-0.05, 0) is 148 Å². The van der Waals surface area contributed by atoms with E-state index in [2.05, 4.69) is 220 Å². The van der Waals surface area contributed by atoms with E-state index in [-0.39, 0.29) is 31.6 Å². The number of hydrogen-bond acceptors (Lipinski definition) is 5. The van der Waals surface area contributed by atoms with Gasteiger partial charge in [0.05, 0.1) is 6.61 Å². The van der Waals surface area contributed by atoms with E-state index >= 15 is 0 Å². The molecule has 0 spiro atoms. The summed E-state index contributed by atoms with van der Waals surface area (Å²) in [7, 11) is 0. The molecule has 0 heterocycles. The largest absolute Gasteiger partial charge is 0.462 e. The number of esters is 2. The van der Waals surface area contributed by atoms with Crippen molar-refractivity contribution < 1.29 is 24.2 Å². The smallest absolute Gasteiger partial charge is 0.306 e. The van der Waals surface area contributed by atoms with E-state index in [1.54, 1.807) is 0 Å².